The average molecular weight is 373 g/mol. The quantitative estimate of drug-likeness (QED) is 0.315. The first-order valence-corrected chi connectivity index (χ1v) is 10.8. The lowest BCUT2D eigenvalue weighted by Gasteiger charge is -1.97. The van der Waals surface area contributed by atoms with Crippen LogP contribution in [0.2, 0.25) is 0 Å². The Balaban J connectivity index is 1.64. The van der Waals surface area contributed by atoms with E-state index < -0.39 is 0 Å². The Morgan fingerprint density at radius 2 is 1.35 bits per heavy atom. The van der Waals surface area contributed by atoms with E-state index in [9.17, 15) is 0 Å². The van der Waals surface area contributed by atoms with E-state index in [0.29, 0.717) is 0 Å². The van der Waals surface area contributed by atoms with Crippen LogP contribution in [0.5, 0.6) is 0 Å². The molecule has 0 fully saturated rings. The molecule has 2 heterocycles. The molecule has 0 amide bonds. The summed E-state index contributed by atoms with van der Waals surface area (Å²) >= 11 is 20.8. The lowest BCUT2D eigenvalue weighted by molar-refractivity contribution is 1.12. The van der Waals surface area contributed by atoms with Gasteiger partial charge >= 0.3 is 0 Å². The number of rotatable bonds is 6. The Bertz CT molecular complexity index is 505. The maximum atomic E-state index is 5.11. The minimum atomic E-state index is 1.03. The highest BCUT2D eigenvalue weighted by atomic mass is 32.2. The van der Waals surface area contributed by atoms with Gasteiger partial charge < -0.3 is 0 Å². The molecule has 0 aliphatic rings. The van der Waals surface area contributed by atoms with Crippen LogP contribution in [-0.4, -0.2) is 11.5 Å². The smallest absolute Gasteiger partial charge is 0.120 e. The molecule has 0 aliphatic carbocycles. The topological polar surface area (TPSA) is 0 Å². The third-order valence-corrected chi connectivity index (χ3v) is 9.46. The fourth-order valence-corrected chi connectivity index (χ4v) is 8.51. The highest BCUT2D eigenvalue weighted by Gasteiger charge is 1.99. The molecule has 2 aromatic heterocycles. The Hall–Kier alpha value is 1.24. The summed E-state index contributed by atoms with van der Waals surface area (Å²) in [6.45, 7) is 0. The number of hydrogen-bond donors (Lipinski definition) is 0. The standard InChI is InChI=1S/C9H8S8/c10-8-14-4-6(16-8)12-2-1-3-13-7-5-15-9(11)17-7/h4-5H,1-3H2. The van der Waals surface area contributed by atoms with Crippen LogP contribution < -0.4 is 0 Å². The first kappa shape index (κ1) is 14.6. The molecule has 8 heteroatoms. The molecule has 17 heavy (non-hydrogen) atoms. The molecule has 92 valence electrons. The molecule has 0 spiro atoms. The van der Waals surface area contributed by atoms with Gasteiger partial charge in [-0.1, -0.05) is 24.4 Å². The second kappa shape index (κ2) is 7.74. The molecule has 0 saturated heterocycles. The van der Waals surface area contributed by atoms with Crippen LogP contribution in [0.25, 0.3) is 0 Å². The maximum absolute atomic E-state index is 5.11. The molecule has 0 nitrogen and oxygen atoms in total. The van der Waals surface area contributed by atoms with Crippen LogP contribution in [0, 0.1) is 6.28 Å². The first-order chi connectivity index (χ1) is 8.24. The minimum Gasteiger partial charge on any atom is -0.120 e. The van der Waals surface area contributed by atoms with Crippen molar-refractivity contribution in [2.45, 2.75) is 14.8 Å². The van der Waals surface area contributed by atoms with E-state index in [-0.39, 0.29) is 0 Å². The Kier molecular flexibility index (Phi) is 6.67. The minimum absolute atomic E-state index is 1.03. The summed E-state index contributed by atoms with van der Waals surface area (Å²) in [5.41, 5.74) is 0. The van der Waals surface area contributed by atoms with Crippen LogP contribution in [0.15, 0.2) is 19.2 Å². The van der Waals surface area contributed by atoms with Gasteiger partial charge in [0.15, 0.2) is 0 Å². The van der Waals surface area contributed by atoms with E-state index in [1.165, 1.54) is 26.3 Å². The van der Waals surface area contributed by atoms with Crippen LogP contribution in [0.4, 0.5) is 0 Å². The van der Waals surface area contributed by atoms with E-state index in [2.05, 4.69) is 10.8 Å². The van der Waals surface area contributed by atoms with Gasteiger partial charge in [0.1, 0.15) is 6.28 Å². The predicted molar refractivity (Wildman–Crippen MR) is 92.1 cm³/mol. The van der Waals surface area contributed by atoms with E-state index in [0.717, 1.165) is 6.28 Å². The van der Waals surface area contributed by atoms with Crippen molar-refractivity contribution in [3.8, 4) is 0 Å². The molecule has 0 N–H and O–H groups in total. The van der Waals surface area contributed by atoms with Gasteiger partial charge in [-0.3, -0.25) is 0 Å². The van der Waals surface area contributed by atoms with E-state index in [4.69, 9.17) is 24.4 Å². The molecule has 0 bridgehead atoms. The van der Waals surface area contributed by atoms with Crippen molar-refractivity contribution in [2.24, 2.45) is 0 Å². The molecule has 2 rings (SSSR count). The zero-order chi connectivity index (χ0) is 12.1. The van der Waals surface area contributed by atoms with Gasteiger partial charge in [0.2, 0.25) is 0 Å². The molecule has 2 aromatic rings. The van der Waals surface area contributed by atoms with Gasteiger partial charge in [0.05, 0.1) is 8.42 Å². The summed E-state index contributed by atoms with van der Waals surface area (Å²) in [6.07, 6.45) is 1.22. The third kappa shape index (κ3) is 5.40. The normalized spacial score (nSPS) is 10.8. The molecule has 0 saturated carbocycles. The molecule has 0 unspecified atom stereocenters. The van der Waals surface area contributed by atoms with E-state index in [1.54, 1.807) is 45.3 Å². The summed E-state index contributed by atoms with van der Waals surface area (Å²) in [6, 6.07) is 0. The third-order valence-electron chi connectivity index (χ3n) is 1.65. The van der Waals surface area contributed by atoms with Crippen LogP contribution in [-0.2, 0) is 0 Å². The molecule has 0 radical (unpaired) electrons. The Labute approximate surface area is 135 Å². The van der Waals surface area contributed by atoms with E-state index in [1.807, 2.05) is 23.5 Å². The highest BCUT2D eigenvalue weighted by molar-refractivity contribution is 8.02. The van der Waals surface area contributed by atoms with Gasteiger partial charge in [-0.25, -0.2) is 0 Å². The van der Waals surface area contributed by atoms with Gasteiger partial charge in [0.25, 0.3) is 0 Å². The van der Waals surface area contributed by atoms with Crippen molar-refractivity contribution in [2.75, 3.05) is 11.5 Å². The van der Waals surface area contributed by atoms with Gasteiger partial charge in [-0.2, -0.15) is 0 Å². The fourth-order valence-electron chi connectivity index (χ4n) is 0.984. The monoisotopic (exact) mass is 372 g/mol. The van der Waals surface area contributed by atoms with Gasteiger partial charge in [-0.15, -0.1) is 68.9 Å². The second-order valence-electron chi connectivity index (χ2n) is 2.86. The van der Waals surface area contributed by atoms with Crippen molar-refractivity contribution >= 4 is 93.3 Å². The fraction of sp³-hybridized carbons (Fsp3) is 0.333. The first-order valence-electron chi connectivity index (χ1n) is 4.67. The van der Waals surface area contributed by atoms with Gasteiger partial charge in [-0.05, 0) is 17.9 Å². The van der Waals surface area contributed by atoms with Crippen LogP contribution in [0.3, 0.4) is 0 Å². The largest absolute Gasteiger partial charge is 0.144 e. The van der Waals surface area contributed by atoms with Crippen LogP contribution in [0.1, 0.15) is 6.42 Å². The predicted octanol–water partition coefficient (Wildman–Crippen LogP) is 6.67. The van der Waals surface area contributed by atoms with Crippen molar-refractivity contribution in [1.82, 2.24) is 0 Å². The maximum Gasteiger partial charge on any atom is 0.144 e. The summed E-state index contributed by atoms with van der Waals surface area (Å²) in [4.78, 5) is 0. The number of thioether (sulfide) groups is 2. The molecule has 0 aliphatic heterocycles. The van der Waals surface area contributed by atoms with Crippen molar-refractivity contribution in [1.29, 1.82) is 0 Å². The van der Waals surface area contributed by atoms with Gasteiger partial charge in [0, 0.05) is 10.8 Å². The van der Waals surface area contributed by atoms with Crippen molar-refractivity contribution < 1.29 is 0 Å². The van der Waals surface area contributed by atoms with Crippen molar-refractivity contribution in [3.63, 3.8) is 0 Å². The molecule has 0 atom stereocenters. The molecular formula is C9H8S8. The van der Waals surface area contributed by atoms with Crippen molar-refractivity contribution in [3.05, 3.63) is 17.0 Å². The average Bonchev–Trinajstić information content (AvgIpc) is 2.88. The molecular weight excluding hydrogens is 365 g/mol. The lowest BCUT2D eigenvalue weighted by Crippen LogP contribution is -1.81. The SMILES string of the molecule is S=c1scc(SCCCSc2csc(=S)s2)s1. The second-order valence-corrected chi connectivity index (χ2v) is 11.9. The summed E-state index contributed by atoms with van der Waals surface area (Å²) in [7, 11) is 0. The highest BCUT2D eigenvalue weighted by Crippen LogP contribution is 2.31. The van der Waals surface area contributed by atoms with E-state index >= 15 is 0 Å². The van der Waals surface area contributed by atoms with Crippen LogP contribution >= 0.6 is 93.3 Å². The Morgan fingerprint density at radius 3 is 1.71 bits per heavy atom. The summed E-state index contributed by atoms with van der Waals surface area (Å²) < 4.78 is 4.77. The zero-order valence-corrected chi connectivity index (χ0v) is 15.1. The Morgan fingerprint density at radius 1 is 0.882 bits per heavy atom. The zero-order valence-electron chi connectivity index (χ0n) is 8.54. The summed E-state index contributed by atoms with van der Waals surface area (Å²) in [5, 5.41) is 4.32. The summed E-state index contributed by atoms with van der Waals surface area (Å²) in [5.74, 6) is 2.34. The lowest BCUT2D eigenvalue weighted by atomic mass is 10.6. The number of hydrogen-bond acceptors (Lipinski definition) is 8. The molecule has 0 aromatic carbocycles.